The van der Waals surface area contributed by atoms with Crippen molar-refractivity contribution < 1.29 is 9.63 Å². The van der Waals surface area contributed by atoms with Crippen molar-refractivity contribution in [3.05, 3.63) is 82.5 Å². The van der Waals surface area contributed by atoms with Crippen molar-refractivity contribution in [2.24, 2.45) is 5.92 Å². The van der Waals surface area contributed by atoms with Crippen LogP contribution in [0, 0.1) is 5.92 Å². The first-order valence-electron chi connectivity index (χ1n) is 9.51. The minimum Gasteiger partial charge on any atom is -0.377 e. The Morgan fingerprint density at radius 3 is 2.41 bits per heavy atom. The third-order valence-corrected chi connectivity index (χ3v) is 5.74. The minimum atomic E-state index is -1.22. The van der Waals surface area contributed by atoms with Crippen molar-refractivity contribution in [1.82, 2.24) is 10.1 Å². The summed E-state index contributed by atoms with van der Waals surface area (Å²) in [7, 11) is 0. The Morgan fingerprint density at radius 1 is 1.00 bits per heavy atom. The molecule has 4 rings (SSSR count). The van der Waals surface area contributed by atoms with Crippen molar-refractivity contribution in [3.8, 4) is 0 Å². The van der Waals surface area contributed by atoms with Crippen LogP contribution in [0.15, 0.2) is 59.1 Å². The highest BCUT2D eigenvalue weighted by molar-refractivity contribution is 6.30. The summed E-state index contributed by atoms with van der Waals surface area (Å²) in [5.74, 6) is 0.955. The lowest BCUT2D eigenvalue weighted by atomic mass is 9.73. The van der Waals surface area contributed by atoms with Crippen LogP contribution in [0.1, 0.15) is 54.9 Å². The van der Waals surface area contributed by atoms with Crippen LogP contribution in [-0.4, -0.2) is 15.2 Å². The summed E-state index contributed by atoms with van der Waals surface area (Å²) in [6.07, 6.45) is 5.90. The van der Waals surface area contributed by atoms with Gasteiger partial charge in [-0.3, -0.25) is 0 Å². The van der Waals surface area contributed by atoms with Gasteiger partial charge in [-0.1, -0.05) is 78.5 Å². The molecule has 1 atom stereocenters. The summed E-state index contributed by atoms with van der Waals surface area (Å²) in [6.45, 7) is 0. The molecule has 1 heterocycles. The zero-order valence-corrected chi connectivity index (χ0v) is 15.9. The normalized spacial score (nSPS) is 17.6. The fourth-order valence-corrected chi connectivity index (χ4v) is 4.14. The van der Waals surface area contributed by atoms with Gasteiger partial charge < -0.3 is 9.63 Å². The Hall–Kier alpha value is -2.17. The smallest absolute Gasteiger partial charge is 0.231 e. The molecule has 1 aliphatic rings. The van der Waals surface area contributed by atoms with E-state index in [0.29, 0.717) is 23.2 Å². The Balaban J connectivity index is 1.66. The van der Waals surface area contributed by atoms with Crippen LogP contribution in [-0.2, 0) is 12.0 Å². The number of aliphatic hydroxyl groups is 1. The number of rotatable bonds is 5. The SMILES string of the molecule is O[C@](c1ccccc1)(c1noc(Cc2ccc(Cl)cc2)n1)C1CCCCC1. The zero-order chi connectivity index (χ0) is 18.7. The van der Waals surface area contributed by atoms with Crippen molar-refractivity contribution in [1.29, 1.82) is 0 Å². The first kappa shape index (κ1) is 18.2. The standard InChI is InChI=1S/C22H23ClN2O2/c23-19-13-11-16(12-14-19)15-20-24-21(25-27-20)22(26,17-7-3-1-4-8-17)18-9-5-2-6-10-18/h1,3-4,7-8,11-14,18,26H,2,5-6,9-10,15H2/t22-/m0/s1. The number of nitrogens with zero attached hydrogens (tertiary/aromatic N) is 2. The number of halogens is 1. The first-order chi connectivity index (χ1) is 13.2. The predicted molar refractivity (Wildman–Crippen MR) is 105 cm³/mol. The van der Waals surface area contributed by atoms with E-state index >= 15 is 0 Å². The molecule has 0 bridgehead atoms. The van der Waals surface area contributed by atoms with Crippen LogP contribution in [0.4, 0.5) is 0 Å². The van der Waals surface area contributed by atoms with Crippen LogP contribution in [0.25, 0.3) is 0 Å². The van der Waals surface area contributed by atoms with Gasteiger partial charge >= 0.3 is 0 Å². The number of aromatic nitrogens is 2. The molecule has 1 aliphatic carbocycles. The largest absolute Gasteiger partial charge is 0.377 e. The van der Waals surface area contributed by atoms with Crippen LogP contribution >= 0.6 is 11.6 Å². The van der Waals surface area contributed by atoms with E-state index < -0.39 is 5.60 Å². The van der Waals surface area contributed by atoms with Gasteiger partial charge in [0.15, 0.2) is 5.60 Å². The summed E-state index contributed by atoms with van der Waals surface area (Å²) < 4.78 is 5.50. The van der Waals surface area contributed by atoms with Crippen molar-refractivity contribution >= 4 is 11.6 Å². The lowest BCUT2D eigenvalue weighted by Crippen LogP contribution is -2.38. The molecule has 3 aromatic rings. The second-order valence-corrected chi connectivity index (χ2v) is 7.72. The molecule has 0 unspecified atom stereocenters. The third kappa shape index (κ3) is 3.78. The summed E-state index contributed by atoms with van der Waals surface area (Å²) in [6, 6.07) is 17.3. The summed E-state index contributed by atoms with van der Waals surface area (Å²) in [5, 5.41) is 16.7. The second-order valence-electron chi connectivity index (χ2n) is 7.28. The highest BCUT2D eigenvalue weighted by Crippen LogP contribution is 2.42. The molecule has 4 nitrogen and oxygen atoms in total. The quantitative estimate of drug-likeness (QED) is 0.664. The van der Waals surface area contributed by atoms with Crippen molar-refractivity contribution in [2.45, 2.75) is 44.1 Å². The Morgan fingerprint density at radius 2 is 1.70 bits per heavy atom. The molecular weight excluding hydrogens is 360 g/mol. The Bertz CT molecular complexity index is 873. The molecule has 0 radical (unpaired) electrons. The molecule has 1 N–H and O–H groups in total. The van der Waals surface area contributed by atoms with Crippen LogP contribution in [0.5, 0.6) is 0 Å². The van der Waals surface area contributed by atoms with Gasteiger partial charge in [-0.15, -0.1) is 0 Å². The van der Waals surface area contributed by atoms with Crippen LogP contribution in [0.3, 0.4) is 0 Å². The molecule has 0 amide bonds. The van der Waals surface area contributed by atoms with E-state index in [9.17, 15) is 5.11 Å². The molecule has 2 aromatic carbocycles. The van der Waals surface area contributed by atoms with E-state index in [4.69, 9.17) is 16.1 Å². The molecule has 140 valence electrons. The highest BCUT2D eigenvalue weighted by atomic mass is 35.5. The van der Waals surface area contributed by atoms with Crippen molar-refractivity contribution in [2.75, 3.05) is 0 Å². The summed E-state index contributed by atoms with van der Waals surface area (Å²) in [4.78, 5) is 4.59. The third-order valence-electron chi connectivity index (χ3n) is 5.49. The summed E-state index contributed by atoms with van der Waals surface area (Å²) >= 11 is 5.95. The maximum Gasteiger partial charge on any atom is 0.231 e. The van der Waals surface area contributed by atoms with Gasteiger partial charge in [0.2, 0.25) is 11.7 Å². The monoisotopic (exact) mass is 382 g/mol. The average molecular weight is 383 g/mol. The van der Waals surface area contributed by atoms with Crippen LogP contribution < -0.4 is 0 Å². The molecule has 0 aliphatic heterocycles. The van der Waals surface area contributed by atoms with E-state index in [1.165, 1.54) is 6.42 Å². The average Bonchev–Trinajstić information content (AvgIpc) is 3.19. The fourth-order valence-electron chi connectivity index (χ4n) is 4.02. The van der Waals surface area contributed by atoms with E-state index in [1.807, 2.05) is 54.6 Å². The molecule has 0 saturated heterocycles. The topological polar surface area (TPSA) is 59.2 Å². The van der Waals surface area contributed by atoms with Crippen LogP contribution in [0.2, 0.25) is 5.02 Å². The molecule has 0 spiro atoms. The van der Waals surface area contributed by atoms with Crippen molar-refractivity contribution in [3.63, 3.8) is 0 Å². The highest BCUT2D eigenvalue weighted by Gasteiger charge is 2.44. The maximum absolute atomic E-state index is 11.8. The molecule has 27 heavy (non-hydrogen) atoms. The number of hydrogen-bond acceptors (Lipinski definition) is 4. The molecule has 1 aromatic heterocycles. The van der Waals surface area contributed by atoms with E-state index in [-0.39, 0.29) is 5.92 Å². The lowest BCUT2D eigenvalue weighted by molar-refractivity contribution is -0.0101. The van der Waals surface area contributed by atoms with Gasteiger partial charge in [0.25, 0.3) is 0 Å². The van der Waals surface area contributed by atoms with E-state index in [2.05, 4.69) is 10.1 Å². The van der Waals surface area contributed by atoms with Gasteiger partial charge in [0.05, 0.1) is 6.42 Å². The Labute approximate surface area is 164 Å². The number of hydrogen-bond donors (Lipinski definition) is 1. The molecule has 1 fully saturated rings. The second kappa shape index (κ2) is 7.83. The van der Waals surface area contributed by atoms with Gasteiger partial charge in [-0.05, 0) is 42.0 Å². The predicted octanol–water partition coefficient (Wildman–Crippen LogP) is 5.13. The fraction of sp³-hybridized carbons (Fsp3) is 0.364. The minimum absolute atomic E-state index is 0.0923. The Kier molecular flexibility index (Phi) is 5.28. The van der Waals surface area contributed by atoms with Gasteiger partial charge in [-0.2, -0.15) is 4.98 Å². The van der Waals surface area contributed by atoms with E-state index in [0.717, 1.165) is 36.8 Å². The molecular formula is C22H23ClN2O2. The lowest BCUT2D eigenvalue weighted by Gasteiger charge is -2.36. The molecule has 5 heteroatoms. The summed E-state index contributed by atoms with van der Waals surface area (Å²) in [5.41, 5.74) is 0.648. The van der Waals surface area contributed by atoms with Gasteiger partial charge in [0.1, 0.15) is 0 Å². The van der Waals surface area contributed by atoms with Gasteiger partial charge in [0, 0.05) is 5.02 Å². The maximum atomic E-state index is 11.8. The van der Waals surface area contributed by atoms with Gasteiger partial charge in [-0.25, -0.2) is 0 Å². The van der Waals surface area contributed by atoms with E-state index in [1.54, 1.807) is 0 Å². The molecule has 1 saturated carbocycles. The first-order valence-corrected chi connectivity index (χ1v) is 9.89. The number of benzene rings is 2. The zero-order valence-electron chi connectivity index (χ0n) is 15.1.